The number of amides is 2. The number of halogens is 2. The molecule has 2 aromatic rings. The molecule has 0 aliphatic carbocycles. The summed E-state index contributed by atoms with van der Waals surface area (Å²) < 4.78 is 13.2. The number of nitrogens with zero attached hydrogens (tertiary/aromatic N) is 1. The number of thioether (sulfide) groups is 1. The van der Waals surface area contributed by atoms with Gasteiger partial charge in [-0.3, -0.25) is 14.5 Å². The molecule has 2 aromatic carbocycles. The highest BCUT2D eigenvalue weighted by Gasteiger charge is 2.35. The van der Waals surface area contributed by atoms with E-state index in [0.717, 1.165) is 36.4 Å². The van der Waals surface area contributed by atoms with Crippen LogP contribution >= 0.6 is 56.9 Å². The summed E-state index contributed by atoms with van der Waals surface area (Å²) in [5.41, 5.74) is 1.71. The van der Waals surface area contributed by atoms with E-state index in [2.05, 4.69) is 45.2 Å². The Balaban J connectivity index is 1.83. The van der Waals surface area contributed by atoms with Gasteiger partial charge in [-0.25, -0.2) is 0 Å². The molecule has 1 fully saturated rings. The number of rotatable bonds is 7. The van der Waals surface area contributed by atoms with Crippen LogP contribution in [-0.2, 0) is 11.3 Å². The van der Waals surface area contributed by atoms with Gasteiger partial charge in [-0.15, -0.1) is 0 Å². The van der Waals surface area contributed by atoms with Gasteiger partial charge in [0.15, 0.2) is 11.5 Å². The molecule has 0 bridgehead atoms. The van der Waals surface area contributed by atoms with Crippen LogP contribution in [0.5, 0.6) is 11.5 Å². The van der Waals surface area contributed by atoms with Crippen LogP contribution in [0.25, 0.3) is 6.08 Å². The molecular weight excluding hydrogens is 616 g/mol. The number of imide groups is 1. The summed E-state index contributed by atoms with van der Waals surface area (Å²) in [4.78, 5) is 26.9. The first-order valence-electron chi connectivity index (χ1n) is 8.93. The molecule has 0 radical (unpaired) electrons. The van der Waals surface area contributed by atoms with E-state index in [1.54, 1.807) is 13.2 Å². The van der Waals surface area contributed by atoms with Crippen LogP contribution in [0.2, 0.25) is 0 Å². The fourth-order valence-corrected chi connectivity index (χ4v) is 4.71. The Kier molecular flexibility index (Phi) is 7.85. The van der Waals surface area contributed by atoms with Crippen molar-refractivity contribution in [1.29, 1.82) is 0 Å². The Hall–Kier alpha value is -1.27. The van der Waals surface area contributed by atoms with E-state index >= 15 is 0 Å². The van der Waals surface area contributed by atoms with Gasteiger partial charge < -0.3 is 9.47 Å². The van der Waals surface area contributed by atoms with Crippen molar-refractivity contribution in [2.24, 2.45) is 0 Å². The molecule has 0 saturated carbocycles. The highest BCUT2D eigenvalue weighted by molar-refractivity contribution is 14.1. The van der Waals surface area contributed by atoms with Crippen molar-refractivity contribution in [3.05, 3.63) is 59.6 Å². The van der Waals surface area contributed by atoms with Crippen molar-refractivity contribution < 1.29 is 19.1 Å². The molecular formula is C21H19I2NO4S. The minimum atomic E-state index is -0.279. The first kappa shape index (κ1) is 22.4. The summed E-state index contributed by atoms with van der Waals surface area (Å²) in [5.74, 6) is 1.02. The molecule has 1 aliphatic rings. The third kappa shape index (κ3) is 5.46. The van der Waals surface area contributed by atoms with Gasteiger partial charge in [0.25, 0.3) is 11.1 Å². The predicted molar refractivity (Wildman–Crippen MR) is 132 cm³/mol. The lowest BCUT2D eigenvalue weighted by molar-refractivity contribution is -0.123. The van der Waals surface area contributed by atoms with Crippen molar-refractivity contribution >= 4 is 74.2 Å². The van der Waals surface area contributed by atoms with Gasteiger partial charge in [0.05, 0.1) is 28.7 Å². The quantitative estimate of drug-likeness (QED) is 0.279. The van der Waals surface area contributed by atoms with E-state index in [4.69, 9.17) is 9.47 Å². The Labute approximate surface area is 201 Å². The lowest BCUT2D eigenvalue weighted by atomic mass is 10.1. The molecule has 8 heteroatoms. The number of carbonyl (C=O) groups is 2. The van der Waals surface area contributed by atoms with Crippen LogP contribution in [0.1, 0.15) is 24.5 Å². The van der Waals surface area contributed by atoms with E-state index in [1.807, 2.05) is 43.3 Å². The van der Waals surface area contributed by atoms with Gasteiger partial charge in [-0.05, 0) is 105 Å². The predicted octanol–water partition coefficient (Wildman–Crippen LogP) is 5.93. The normalized spacial score (nSPS) is 15.3. The average Bonchev–Trinajstić information content (AvgIpc) is 2.95. The van der Waals surface area contributed by atoms with E-state index in [1.165, 1.54) is 4.90 Å². The number of ether oxygens (including phenoxy) is 2. The summed E-state index contributed by atoms with van der Waals surface area (Å²) in [6.07, 6.45) is 2.63. The SMILES string of the molecule is CCCOc1c(I)cc(/C=C2\SC(=O)N(Cc3ccc(I)cc3)C2=O)cc1OC. The topological polar surface area (TPSA) is 55.8 Å². The smallest absolute Gasteiger partial charge is 0.293 e. The Morgan fingerprint density at radius 2 is 1.86 bits per heavy atom. The maximum atomic E-state index is 12.8. The highest BCUT2D eigenvalue weighted by Crippen LogP contribution is 2.37. The van der Waals surface area contributed by atoms with Crippen LogP contribution in [0.15, 0.2) is 41.3 Å². The van der Waals surface area contributed by atoms with Crippen LogP contribution < -0.4 is 9.47 Å². The highest BCUT2D eigenvalue weighted by atomic mass is 127. The van der Waals surface area contributed by atoms with Crippen LogP contribution in [0, 0.1) is 7.14 Å². The monoisotopic (exact) mass is 635 g/mol. The molecule has 1 heterocycles. The zero-order chi connectivity index (χ0) is 21.0. The number of benzene rings is 2. The van der Waals surface area contributed by atoms with Gasteiger partial charge in [0.2, 0.25) is 0 Å². The van der Waals surface area contributed by atoms with Crippen molar-refractivity contribution in [3.8, 4) is 11.5 Å². The molecule has 1 aliphatic heterocycles. The minimum absolute atomic E-state index is 0.260. The second kappa shape index (κ2) is 10.2. The maximum Gasteiger partial charge on any atom is 0.293 e. The summed E-state index contributed by atoms with van der Waals surface area (Å²) in [6, 6.07) is 11.5. The molecule has 0 atom stereocenters. The molecule has 0 unspecified atom stereocenters. The molecule has 5 nitrogen and oxygen atoms in total. The Bertz CT molecular complexity index is 960. The lowest BCUT2D eigenvalue weighted by Gasteiger charge is -2.13. The van der Waals surface area contributed by atoms with E-state index < -0.39 is 0 Å². The van der Waals surface area contributed by atoms with Gasteiger partial charge in [-0.2, -0.15) is 0 Å². The number of hydrogen-bond donors (Lipinski definition) is 0. The lowest BCUT2D eigenvalue weighted by Crippen LogP contribution is -2.27. The Morgan fingerprint density at radius 3 is 2.52 bits per heavy atom. The molecule has 0 spiro atoms. The molecule has 152 valence electrons. The zero-order valence-electron chi connectivity index (χ0n) is 15.9. The summed E-state index contributed by atoms with van der Waals surface area (Å²) >= 11 is 5.37. The van der Waals surface area contributed by atoms with Gasteiger partial charge in [-0.1, -0.05) is 19.1 Å². The zero-order valence-corrected chi connectivity index (χ0v) is 21.0. The minimum Gasteiger partial charge on any atom is -0.493 e. The van der Waals surface area contributed by atoms with Crippen molar-refractivity contribution in [2.45, 2.75) is 19.9 Å². The largest absolute Gasteiger partial charge is 0.493 e. The number of hydrogen-bond acceptors (Lipinski definition) is 5. The molecule has 2 amide bonds. The maximum absolute atomic E-state index is 12.8. The van der Waals surface area contributed by atoms with E-state index in [0.29, 0.717) is 23.0 Å². The second-order valence-electron chi connectivity index (χ2n) is 6.28. The average molecular weight is 635 g/mol. The molecule has 0 N–H and O–H groups in total. The van der Waals surface area contributed by atoms with Crippen molar-refractivity contribution in [2.75, 3.05) is 13.7 Å². The van der Waals surface area contributed by atoms with Crippen molar-refractivity contribution in [1.82, 2.24) is 4.90 Å². The molecule has 0 aromatic heterocycles. The number of carbonyl (C=O) groups excluding carboxylic acids is 2. The fourth-order valence-electron chi connectivity index (χ4n) is 2.73. The van der Waals surface area contributed by atoms with E-state index in [-0.39, 0.29) is 17.7 Å². The first-order valence-corrected chi connectivity index (χ1v) is 11.9. The summed E-state index contributed by atoms with van der Waals surface area (Å²) in [5, 5.41) is -0.260. The van der Waals surface area contributed by atoms with Crippen LogP contribution in [0.3, 0.4) is 0 Å². The first-order chi connectivity index (χ1) is 13.9. The number of methoxy groups -OCH3 is 1. The molecule has 1 saturated heterocycles. The second-order valence-corrected chi connectivity index (χ2v) is 9.68. The Morgan fingerprint density at radius 1 is 1.14 bits per heavy atom. The van der Waals surface area contributed by atoms with Crippen LogP contribution in [-0.4, -0.2) is 29.8 Å². The fraction of sp³-hybridized carbons (Fsp3) is 0.238. The molecule has 29 heavy (non-hydrogen) atoms. The summed E-state index contributed by atoms with van der Waals surface area (Å²) in [7, 11) is 1.59. The van der Waals surface area contributed by atoms with Gasteiger partial charge in [0.1, 0.15) is 0 Å². The third-order valence-corrected chi connectivity index (χ3v) is 6.56. The van der Waals surface area contributed by atoms with Gasteiger partial charge in [0, 0.05) is 3.57 Å². The van der Waals surface area contributed by atoms with Crippen molar-refractivity contribution in [3.63, 3.8) is 0 Å². The summed E-state index contributed by atoms with van der Waals surface area (Å²) in [6.45, 7) is 2.91. The molecule has 3 rings (SSSR count). The van der Waals surface area contributed by atoms with Crippen LogP contribution in [0.4, 0.5) is 4.79 Å². The third-order valence-electron chi connectivity index (χ3n) is 4.13. The van der Waals surface area contributed by atoms with E-state index in [9.17, 15) is 9.59 Å². The van der Waals surface area contributed by atoms with Gasteiger partial charge >= 0.3 is 0 Å². The standard InChI is InChI=1S/C21H19I2NO4S/c1-3-8-28-19-16(23)9-14(10-17(19)27-2)11-18-20(25)24(21(26)29-18)12-13-4-6-15(22)7-5-13/h4-7,9-11H,3,8,12H2,1-2H3/b18-11-.